The summed E-state index contributed by atoms with van der Waals surface area (Å²) in [4.78, 5) is 24.0. The van der Waals surface area contributed by atoms with Crippen LogP contribution in [-0.4, -0.2) is 18.4 Å². The quantitative estimate of drug-likeness (QED) is 0.419. The van der Waals surface area contributed by atoms with Crippen LogP contribution >= 0.6 is 0 Å². The summed E-state index contributed by atoms with van der Waals surface area (Å²) in [5, 5.41) is 0. The van der Waals surface area contributed by atoms with Crippen molar-refractivity contribution in [3.8, 4) is 0 Å². The van der Waals surface area contributed by atoms with E-state index in [-0.39, 0.29) is 11.8 Å². The Bertz CT molecular complexity index is 428. The third kappa shape index (κ3) is 4.06. The Morgan fingerprint density at radius 2 is 2.05 bits per heavy atom. The fourth-order valence-electron chi connectivity index (χ4n) is 2.59. The molecule has 1 unspecified atom stereocenters. The smallest absolute Gasteiger partial charge is 0.319 e. The summed E-state index contributed by atoms with van der Waals surface area (Å²) in [7, 11) is 0. The van der Waals surface area contributed by atoms with Crippen LogP contribution in [0.3, 0.4) is 0 Å². The van der Waals surface area contributed by atoms with E-state index in [0.29, 0.717) is 19.4 Å². The first kappa shape index (κ1) is 16.7. The molecule has 0 spiro atoms. The summed E-state index contributed by atoms with van der Waals surface area (Å²) < 4.78 is 5.10. The summed E-state index contributed by atoms with van der Waals surface area (Å²) in [6, 6.07) is 0. The van der Waals surface area contributed by atoms with Crippen molar-refractivity contribution < 1.29 is 14.3 Å². The molecule has 0 aromatic rings. The average Bonchev–Trinajstić information content (AvgIpc) is 2.39. The van der Waals surface area contributed by atoms with Crippen LogP contribution in [0.2, 0.25) is 0 Å². The van der Waals surface area contributed by atoms with Crippen LogP contribution in [0.1, 0.15) is 59.8 Å². The van der Waals surface area contributed by atoms with E-state index < -0.39 is 5.41 Å². The van der Waals surface area contributed by atoms with E-state index in [2.05, 4.69) is 26.0 Å². The molecule has 0 aliphatic heterocycles. The van der Waals surface area contributed by atoms with Gasteiger partial charge in [-0.1, -0.05) is 23.3 Å². The lowest BCUT2D eigenvalue weighted by molar-refractivity contribution is -0.160. The molecule has 0 fully saturated rings. The van der Waals surface area contributed by atoms with E-state index in [9.17, 15) is 9.59 Å². The summed E-state index contributed by atoms with van der Waals surface area (Å²) in [6.45, 7) is 7.78. The molecule has 1 rings (SSSR count). The van der Waals surface area contributed by atoms with Gasteiger partial charge in [0.1, 0.15) is 11.2 Å². The van der Waals surface area contributed by atoms with E-state index >= 15 is 0 Å². The first-order valence-corrected chi connectivity index (χ1v) is 7.42. The molecule has 1 aliphatic rings. The molecule has 0 radical (unpaired) electrons. The number of ketones is 1. The van der Waals surface area contributed by atoms with Gasteiger partial charge in [-0.25, -0.2) is 0 Å². The Labute approximate surface area is 122 Å². The normalized spacial score (nSPS) is 21.9. The summed E-state index contributed by atoms with van der Waals surface area (Å²) in [5.74, 6) is -0.428. The van der Waals surface area contributed by atoms with Gasteiger partial charge in [0.15, 0.2) is 0 Å². The Hall–Kier alpha value is -1.38. The Morgan fingerprint density at radius 3 is 2.50 bits per heavy atom. The number of hydrogen-bond acceptors (Lipinski definition) is 3. The Balaban J connectivity index is 2.72. The lowest BCUT2D eigenvalue weighted by Gasteiger charge is -2.31. The maximum Gasteiger partial charge on any atom is 0.319 e. The van der Waals surface area contributed by atoms with Gasteiger partial charge in [-0.15, -0.1) is 0 Å². The lowest BCUT2D eigenvalue weighted by Crippen LogP contribution is -2.40. The number of carbonyl (C=O) groups excluding carboxylic acids is 2. The minimum atomic E-state index is -0.935. The van der Waals surface area contributed by atoms with Gasteiger partial charge < -0.3 is 4.74 Å². The monoisotopic (exact) mass is 278 g/mol. The highest BCUT2D eigenvalue weighted by Gasteiger charge is 2.45. The molecule has 1 aliphatic carbocycles. The van der Waals surface area contributed by atoms with Gasteiger partial charge in [0, 0.05) is 0 Å². The van der Waals surface area contributed by atoms with Crippen molar-refractivity contribution in [2.24, 2.45) is 5.41 Å². The summed E-state index contributed by atoms with van der Waals surface area (Å²) >= 11 is 0. The minimum Gasteiger partial charge on any atom is -0.465 e. The second-order valence-electron chi connectivity index (χ2n) is 5.75. The molecule has 3 nitrogen and oxygen atoms in total. The molecule has 112 valence electrons. The molecule has 0 N–H and O–H groups in total. The second-order valence-corrected chi connectivity index (χ2v) is 5.75. The molecule has 3 heteroatoms. The van der Waals surface area contributed by atoms with Crippen LogP contribution in [0, 0.1) is 5.41 Å². The van der Waals surface area contributed by atoms with E-state index in [0.717, 1.165) is 19.3 Å². The topological polar surface area (TPSA) is 43.4 Å². The highest BCUT2D eigenvalue weighted by molar-refractivity contribution is 6.03. The average molecular weight is 278 g/mol. The maximum atomic E-state index is 12.1. The molecule has 0 saturated heterocycles. The van der Waals surface area contributed by atoms with Crippen molar-refractivity contribution in [1.29, 1.82) is 0 Å². The number of carbonyl (C=O) groups is 2. The van der Waals surface area contributed by atoms with Crippen LogP contribution in [0.5, 0.6) is 0 Å². The zero-order valence-electron chi connectivity index (χ0n) is 13.1. The first-order chi connectivity index (χ1) is 9.42. The van der Waals surface area contributed by atoms with Crippen molar-refractivity contribution in [1.82, 2.24) is 0 Å². The largest absolute Gasteiger partial charge is 0.465 e. The van der Waals surface area contributed by atoms with Crippen molar-refractivity contribution in [2.75, 3.05) is 6.61 Å². The highest BCUT2D eigenvalue weighted by atomic mass is 16.5. The minimum absolute atomic E-state index is 0.0736. The zero-order chi connectivity index (χ0) is 15.2. The van der Waals surface area contributed by atoms with E-state index in [1.165, 1.54) is 18.1 Å². The highest BCUT2D eigenvalue weighted by Crippen LogP contribution is 2.38. The van der Waals surface area contributed by atoms with E-state index in [4.69, 9.17) is 4.74 Å². The molecule has 0 bridgehead atoms. The molecule has 0 saturated carbocycles. The molecule has 0 aromatic carbocycles. The van der Waals surface area contributed by atoms with Gasteiger partial charge in [0.25, 0.3) is 0 Å². The van der Waals surface area contributed by atoms with Gasteiger partial charge in [-0.2, -0.15) is 0 Å². The number of esters is 1. The van der Waals surface area contributed by atoms with Gasteiger partial charge >= 0.3 is 5.97 Å². The van der Waals surface area contributed by atoms with Crippen molar-refractivity contribution in [2.45, 2.75) is 59.8 Å². The molecule has 0 amide bonds. The number of hydrogen-bond donors (Lipinski definition) is 0. The van der Waals surface area contributed by atoms with Crippen LogP contribution in [-0.2, 0) is 14.3 Å². The lowest BCUT2D eigenvalue weighted by atomic mass is 9.71. The maximum absolute atomic E-state index is 12.1. The fourth-order valence-corrected chi connectivity index (χ4v) is 2.59. The molecular weight excluding hydrogens is 252 g/mol. The van der Waals surface area contributed by atoms with Gasteiger partial charge in [-0.3, -0.25) is 9.59 Å². The Kier molecular flexibility index (Phi) is 6.18. The van der Waals surface area contributed by atoms with Crippen LogP contribution in [0.15, 0.2) is 23.3 Å². The van der Waals surface area contributed by atoms with E-state index in [1.807, 2.05) is 0 Å². The summed E-state index contributed by atoms with van der Waals surface area (Å²) in [5.41, 5.74) is 1.74. The standard InChI is InChI=1S/C17H26O3/c1-5-20-16(19)17(14(4)18)11-9-15(10-12-17)8-6-7-13(2)3/h7,9H,5-6,8,10-12H2,1-4H3. The number of allylic oxidation sites excluding steroid dienone is 4. The van der Waals surface area contributed by atoms with Crippen LogP contribution in [0.4, 0.5) is 0 Å². The first-order valence-electron chi connectivity index (χ1n) is 7.42. The molecule has 0 heterocycles. The van der Waals surface area contributed by atoms with Crippen molar-refractivity contribution >= 4 is 11.8 Å². The van der Waals surface area contributed by atoms with Gasteiger partial charge in [0.2, 0.25) is 0 Å². The van der Waals surface area contributed by atoms with Gasteiger partial charge in [-0.05, 0) is 59.8 Å². The molecule has 0 aromatic heterocycles. The predicted molar refractivity (Wildman–Crippen MR) is 80.3 cm³/mol. The SMILES string of the molecule is CCOC(=O)C1(C(C)=O)CC=C(CCC=C(C)C)CC1. The second kappa shape index (κ2) is 7.41. The number of Topliss-reactive ketones (excluding diaryl/α,β-unsaturated/α-hetero) is 1. The molecular formula is C17H26O3. The third-order valence-electron chi connectivity index (χ3n) is 3.97. The van der Waals surface area contributed by atoms with Crippen LogP contribution in [0.25, 0.3) is 0 Å². The zero-order valence-corrected chi connectivity index (χ0v) is 13.1. The fraction of sp³-hybridized carbons (Fsp3) is 0.647. The number of ether oxygens (including phenoxy) is 1. The molecule has 1 atom stereocenters. The van der Waals surface area contributed by atoms with Gasteiger partial charge in [0.05, 0.1) is 6.61 Å². The summed E-state index contributed by atoms with van der Waals surface area (Å²) in [6.07, 6.45) is 8.23. The van der Waals surface area contributed by atoms with Crippen LogP contribution < -0.4 is 0 Å². The third-order valence-corrected chi connectivity index (χ3v) is 3.97. The predicted octanol–water partition coefficient (Wildman–Crippen LogP) is 3.98. The molecule has 20 heavy (non-hydrogen) atoms. The Morgan fingerprint density at radius 1 is 1.35 bits per heavy atom. The number of rotatable bonds is 6. The van der Waals surface area contributed by atoms with E-state index in [1.54, 1.807) is 6.92 Å². The van der Waals surface area contributed by atoms with Crippen molar-refractivity contribution in [3.63, 3.8) is 0 Å². The van der Waals surface area contributed by atoms with Crippen molar-refractivity contribution in [3.05, 3.63) is 23.3 Å².